The SMILES string of the molecule is C/N=c1\c(F)cn(S(=O)(=O)c2cccc(C)c2)c(=O)n1C. The Balaban J connectivity index is 2.82. The number of aromatic nitrogens is 2. The fraction of sp³-hybridized carbons (Fsp3) is 0.231. The normalized spacial score (nSPS) is 12.7. The van der Waals surface area contributed by atoms with Crippen LogP contribution >= 0.6 is 0 Å². The average Bonchev–Trinajstić information content (AvgIpc) is 2.43. The summed E-state index contributed by atoms with van der Waals surface area (Å²) in [7, 11) is -1.58. The van der Waals surface area contributed by atoms with Crippen molar-refractivity contribution in [1.29, 1.82) is 0 Å². The average molecular weight is 311 g/mol. The van der Waals surface area contributed by atoms with Crippen molar-refractivity contribution in [3.8, 4) is 0 Å². The van der Waals surface area contributed by atoms with Gasteiger partial charge in [-0.15, -0.1) is 0 Å². The predicted octanol–water partition coefficient (Wildman–Crippen LogP) is 0.402. The number of hydrogen-bond donors (Lipinski definition) is 0. The molecule has 0 unspecified atom stereocenters. The van der Waals surface area contributed by atoms with Crippen LogP contribution in [0.4, 0.5) is 4.39 Å². The zero-order chi connectivity index (χ0) is 15.8. The largest absolute Gasteiger partial charge is 0.343 e. The summed E-state index contributed by atoms with van der Waals surface area (Å²) < 4.78 is 40.0. The molecule has 6 nitrogen and oxygen atoms in total. The topological polar surface area (TPSA) is 73.4 Å². The Labute approximate surface area is 120 Å². The molecule has 0 N–H and O–H groups in total. The van der Waals surface area contributed by atoms with Gasteiger partial charge in [0.15, 0.2) is 11.3 Å². The van der Waals surface area contributed by atoms with E-state index in [1.165, 1.54) is 26.2 Å². The van der Waals surface area contributed by atoms with E-state index in [0.29, 0.717) is 15.7 Å². The van der Waals surface area contributed by atoms with Crippen molar-refractivity contribution < 1.29 is 12.8 Å². The first-order valence-corrected chi connectivity index (χ1v) is 7.46. The van der Waals surface area contributed by atoms with Gasteiger partial charge >= 0.3 is 5.69 Å². The Kier molecular flexibility index (Phi) is 3.82. The van der Waals surface area contributed by atoms with Crippen molar-refractivity contribution in [3.63, 3.8) is 0 Å². The van der Waals surface area contributed by atoms with Gasteiger partial charge in [0, 0.05) is 14.1 Å². The Hall–Kier alpha value is -2.22. The van der Waals surface area contributed by atoms with Gasteiger partial charge in [0.2, 0.25) is 0 Å². The van der Waals surface area contributed by atoms with E-state index in [-0.39, 0.29) is 10.4 Å². The van der Waals surface area contributed by atoms with Crippen molar-refractivity contribution in [2.75, 3.05) is 7.05 Å². The van der Waals surface area contributed by atoms with Gasteiger partial charge in [0.05, 0.1) is 11.1 Å². The quantitative estimate of drug-likeness (QED) is 0.806. The van der Waals surface area contributed by atoms with Crippen molar-refractivity contribution in [2.24, 2.45) is 12.0 Å². The molecule has 8 heteroatoms. The van der Waals surface area contributed by atoms with Gasteiger partial charge in [-0.25, -0.2) is 17.6 Å². The lowest BCUT2D eigenvalue weighted by Crippen LogP contribution is -2.42. The first-order chi connectivity index (χ1) is 9.78. The molecule has 0 bridgehead atoms. The highest BCUT2D eigenvalue weighted by atomic mass is 32.2. The molecule has 1 aromatic heterocycles. The summed E-state index contributed by atoms with van der Waals surface area (Å²) >= 11 is 0. The van der Waals surface area contributed by atoms with Crippen molar-refractivity contribution in [1.82, 2.24) is 8.54 Å². The number of aryl methyl sites for hydroxylation is 1. The maximum Gasteiger partial charge on any atom is 0.343 e. The second-order valence-electron chi connectivity index (χ2n) is 4.48. The van der Waals surface area contributed by atoms with Gasteiger partial charge in [0.1, 0.15) is 0 Å². The minimum atomic E-state index is -4.16. The molecule has 1 aromatic carbocycles. The second kappa shape index (κ2) is 5.28. The molecule has 21 heavy (non-hydrogen) atoms. The first-order valence-electron chi connectivity index (χ1n) is 6.02. The van der Waals surface area contributed by atoms with Crippen LogP contribution < -0.4 is 11.2 Å². The Morgan fingerprint density at radius 3 is 2.52 bits per heavy atom. The molecule has 2 rings (SSSR count). The number of nitrogens with zero attached hydrogens (tertiary/aromatic N) is 3. The summed E-state index contributed by atoms with van der Waals surface area (Å²) in [6.45, 7) is 1.72. The summed E-state index contributed by atoms with van der Waals surface area (Å²) in [5.74, 6) is -0.893. The molecule has 112 valence electrons. The summed E-state index contributed by atoms with van der Waals surface area (Å²) in [4.78, 5) is 15.7. The maximum atomic E-state index is 13.9. The van der Waals surface area contributed by atoms with E-state index in [9.17, 15) is 17.6 Å². The van der Waals surface area contributed by atoms with Gasteiger partial charge < -0.3 is 0 Å². The van der Waals surface area contributed by atoms with E-state index in [0.717, 1.165) is 4.57 Å². The molecule has 0 aliphatic heterocycles. The van der Waals surface area contributed by atoms with Crippen LogP contribution in [0.1, 0.15) is 5.56 Å². The third-order valence-corrected chi connectivity index (χ3v) is 4.62. The van der Waals surface area contributed by atoms with Gasteiger partial charge in [-0.2, -0.15) is 3.97 Å². The molecule has 0 aliphatic carbocycles. The van der Waals surface area contributed by atoms with Crippen LogP contribution in [-0.2, 0) is 17.1 Å². The molecular formula is C13H14FN3O3S. The second-order valence-corrected chi connectivity index (χ2v) is 6.30. The molecule has 0 atom stereocenters. The predicted molar refractivity (Wildman–Crippen MR) is 74.9 cm³/mol. The molecule has 0 saturated carbocycles. The van der Waals surface area contributed by atoms with Crippen LogP contribution in [0.25, 0.3) is 0 Å². The molecule has 0 aliphatic rings. The molecule has 1 heterocycles. The fourth-order valence-electron chi connectivity index (χ4n) is 1.93. The number of benzene rings is 1. The molecule has 0 radical (unpaired) electrons. The lowest BCUT2D eigenvalue weighted by atomic mass is 10.2. The fourth-order valence-corrected chi connectivity index (χ4v) is 3.30. The van der Waals surface area contributed by atoms with Gasteiger partial charge in [0.25, 0.3) is 10.0 Å². The Bertz CT molecular complexity index is 926. The highest BCUT2D eigenvalue weighted by Crippen LogP contribution is 2.13. The zero-order valence-corrected chi connectivity index (χ0v) is 12.6. The Morgan fingerprint density at radius 2 is 1.95 bits per heavy atom. The van der Waals surface area contributed by atoms with Crippen LogP contribution in [0.5, 0.6) is 0 Å². The number of hydrogen-bond acceptors (Lipinski definition) is 4. The lowest BCUT2D eigenvalue weighted by molar-refractivity contribution is 0.537. The summed E-state index contributed by atoms with van der Waals surface area (Å²) in [5, 5.41) is 0. The smallest absolute Gasteiger partial charge is 0.278 e. The summed E-state index contributed by atoms with van der Waals surface area (Å²) in [5.41, 5.74) is -0.386. The summed E-state index contributed by atoms with van der Waals surface area (Å²) in [6.07, 6.45) is 0.641. The molecule has 2 aromatic rings. The third kappa shape index (κ3) is 2.54. The standard InChI is InChI=1S/C13H14FN3O3S/c1-9-5-4-6-10(7-9)21(19,20)17-8-11(14)12(15-2)16(3)13(17)18/h4-8H,1-3H3/b15-12+. The summed E-state index contributed by atoms with van der Waals surface area (Å²) in [6, 6.07) is 6.05. The molecule has 0 spiro atoms. The maximum absolute atomic E-state index is 13.9. The van der Waals surface area contributed by atoms with E-state index in [1.807, 2.05) is 0 Å². The number of rotatable bonds is 2. The minimum absolute atomic E-state index is 0.0785. The van der Waals surface area contributed by atoms with Crippen LogP contribution in [0.3, 0.4) is 0 Å². The van der Waals surface area contributed by atoms with Crippen molar-refractivity contribution in [3.05, 3.63) is 57.8 Å². The van der Waals surface area contributed by atoms with Gasteiger partial charge in [-0.05, 0) is 24.6 Å². The molecule has 0 amide bonds. The third-order valence-electron chi connectivity index (χ3n) is 3.00. The van der Waals surface area contributed by atoms with Crippen LogP contribution in [-0.4, -0.2) is 24.0 Å². The highest BCUT2D eigenvalue weighted by Gasteiger charge is 2.21. The lowest BCUT2D eigenvalue weighted by Gasteiger charge is -2.10. The molecular weight excluding hydrogens is 297 g/mol. The van der Waals surface area contributed by atoms with E-state index in [4.69, 9.17) is 0 Å². The van der Waals surface area contributed by atoms with Crippen molar-refractivity contribution >= 4 is 10.0 Å². The highest BCUT2D eigenvalue weighted by molar-refractivity contribution is 7.90. The van der Waals surface area contributed by atoms with Crippen LogP contribution in [0.15, 0.2) is 45.1 Å². The van der Waals surface area contributed by atoms with Crippen LogP contribution in [0.2, 0.25) is 0 Å². The van der Waals surface area contributed by atoms with E-state index >= 15 is 0 Å². The monoisotopic (exact) mass is 311 g/mol. The minimum Gasteiger partial charge on any atom is -0.278 e. The van der Waals surface area contributed by atoms with E-state index in [2.05, 4.69) is 4.99 Å². The molecule has 0 fully saturated rings. The van der Waals surface area contributed by atoms with E-state index in [1.54, 1.807) is 19.1 Å². The first kappa shape index (κ1) is 15.2. The van der Waals surface area contributed by atoms with Gasteiger partial charge in [-0.3, -0.25) is 9.56 Å². The van der Waals surface area contributed by atoms with E-state index < -0.39 is 21.5 Å². The molecule has 0 saturated heterocycles. The van der Waals surface area contributed by atoms with Gasteiger partial charge in [-0.1, -0.05) is 12.1 Å². The van der Waals surface area contributed by atoms with Crippen LogP contribution in [0, 0.1) is 12.7 Å². The van der Waals surface area contributed by atoms with Crippen molar-refractivity contribution in [2.45, 2.75) is 11.8 Å². The zero-order valence-electron chi connectivity index (χ0n) is 11.7. The number of halogens is 1. The Morgan fingerprint density at radius 1 is 1.29 bits per heavy atom.